The average molecular weight is 297 g/mol. The Morgan fingerprint density at radius 1 is 1.44 bits per heavy atom. The molecule has 0 unspecified atom stereocenters. The molecule has 1 amide bonds. The summed E-state index contributed by atoms with van der Waals surface area (Å²) < 4.78 is 0.707. The number of amides is 1. The van der Waals surface area contributed by atoms with Crippen molar-refractivity contribution in [1.29, 1.82) is 0 Å². The van der Waals surface area contributed by atoms with Crippen molar-refractivity contribution in [3.8, 4) is 0 Å². The number of aromatic nitrogens is 1. The van der Waals surface area contributed by atoms with Crippen LogP contribution in [0.3, 0.4) is 0 Å². The van der Waals surface area contributed by atoms with Gasteiger partial charge in [0, 0.05) is 15.5 Å². The average Bonchev–Trinajstić information content (AvgIpc) is 2.79. The fourth-order valence-corrected chi connectivity index (χ4v) is 2.30. The van der Waals surface area contributed by atoms with Crippen molar-refractivity contribution in [2.24, 2.45) is 0 Å². The van der Waals surface area contributed by atoms with E-state index in [1.54, 1.807) is 29.7 Å². The molecule has 0 aliphatic carbocycles. The molecule has 82 valence electrons. The van der Waals surface area contributed by atoms with Crippen LogP contribution in [0.25, 0.3) is 0 Å². The standard InChI is InChI=1S/C11H9BrN2OS/c12-9-4-1-5-13-10(9)11(15)14-7-8-3-2-6-16-8/h1-6H,7H2,(H,14,15). The number of nitrogens with zero attached hydrogens (tertiary/aromatic N) is 1. The Morgan fingerprint density at radius 3 is 3.00 bits per heavy atom. The molecule has 0 saturated heterocycles. The second-order valence-electron chi connectivity index (χ2n) is 3.10. The lowest BCUT2D eigenvalue weighted by Gasteiger charge is -2.04. The maximum Gasteiger partial charge on any atom is 0.271 e. The molecular weight excluding hydrogens is 288 g/mol. The van der Waals surface area contributed by atoms with Gasteiger partial charge in [-0.15, -0.1) is 11.3 Å². The van der Waals surface area contributed by atoms with Crippen LogP contribution in [0.5, 0.6) is 0 Å². The van der Waals surface area contributed by atoms with Gasteiger partial charge in [-0.3, -0.25) is 4.79 Å². The van der Waals surface area contributed by atoms with Gasteiger partial charge in [0.25, 0.3) is 5.91 Å². The Kier molecular flexibility index (Phi) is 3.69. The van der Waals surface area contributed by atoms with E-state index in [-0.39, 0.29) is 5.91 Å². The molecule has 0 fully saturated rings. The normalized spacial score (nSPS) is 10.1. The molecule has 1 N–H and O–H groups in total. The van der Waals surface area contributed by atoms with Crippen molar-refractivity contribution in [2.45, 2.75) is 6.54 Å². The number of hydrogen-bond donors (Lipinski definition) is 1. The van der Waals surface area contributed by atoms with Crippen molar-refractivity contribution in [3.63, 3.8) is 0 Å². The highest BCUT2D eigenvalue weighted by Gasteiger charge is 2.10. The zero-order chi connectivity index (χ0) is 11.4. The molecule has 2 rings (SSSR count). The number of rotatable bonds is 3. The van der Waals surface area contributed by atoms with Crippen LogP contribution in [-0.2, 0) is 6.54 Å². The lowest BCUT2D eigenvalue weighted by atomic mass is 10.3. The van der Waals surface area contributed by atoms with E-state index in [4.69, 9.17) is 0 Å². The topological polar surface area (TPSA) is 42.0 Å². The number of hydrogen-bond acceptors (Lipinski definition) is 3. The molecule has 2 aromatic rings. The summed E-state index contributed by atoms with van der Waals surface area (Å²) in [6.45, 7) is 0.541. The van der Waals surface area contributed by atoms with Crippen LogP contribution in [0.4, 0.5) is 0 Å². The van der Waals surface area contributed by atoms with Gasteiger partial charge in [-0.05, 0) is 39.5 Å². The van der Waals surface area contributed by atoms with Gasteiger partial charge in [-0.2, -0.15) is 0 Å². The van der Waals surface area contributed by atoms with Gasteiger partial charge in [0.2, 0.25) is 0 Å². The Hall–Kier alpha value is -1.20. The summed E-state index contributed by atoms with van der Waals surface area (Å²) >= 11 is 4.91. The van der Waals surface area contributed by atoms with Gasteiger partial charge in [0.05, 0.1) is 6.54 Å². The highest BCUT2D eigenvalue weighted by molar-refractivity contribution is 9.10. The van der Waals surface area contributed by atoms with Crippen LogP contribution in [0, 0.1) is 0 Å². The molecule has 16 heavy (non-hydrogen) atoms. The van der Waals surface area contributed by atoms with Crippen LogP contribution in [-0.4, -0.2) is 10.9 Å². The minimum atomic E-state index is -0.166. The maximum atomic E-state index is 11.8. The van der Waals surface area contributed by atoms with Crippen LogP contribution >= 0.6 is 27.3 Å². The third-order valence-corrected chi connectivity index (χ3v) is 3.49. The zero-order valence-electron chi connectivity index (χ0n) is 8.31. The van der Waals surface area contributed by atoms with Crippen molar-refractivity contribution in [1.82, 2.24) is 10.3 Å². The minimum absolute atomic E-state index is 0.166. The summed E-state index contributed by atoms with van der Waals surface area (Å²) in [5, 5.41) is 4.81. The van der Waals surface area contributed by atoms with Crippen molar-refractivity contribution in [2.75, 3.05) is 0 Å². The number of nitrogens with one attached hydrogen (secondary N) is 1. The lowest BCUT2D eigenvalue weighted by Crippen LogP contribution is -2.23. The van der Waals surface area contributed by atoms with Gasteiger partial charge >= 0.3 is 0 Å². The van der Waals surface area contributed by atoms with Crippen molar-refractivity contribution in [3.05, 3.63) is 50.9 Å². The van der Waals surface area contributed by atoms with E-state index in [1.165, 1.54) is 0 Å². The first-order valence-corrected chi connectivity index (χ1v) is 6.36. The first kappa shape index (κ1) is 11.3. The summed E-state index contributed by atoms with van der Waals surface area (Å²) in [5.41, 5.74) is 0.416. The number of pyridine rings is 1. The smallest absolute Gasteiger partial charge is 0.271 e. The molecule has 0 aliphatic rings. The molecule has 0 atom stereocenters. The van der Waals surface area contributed by atoms with Crippen molar-refractivity contribution < 1.29 is 4.79 Å². The summed E-state index contributed by atoms with van der Waals surface area (Å²) in [4.78, 5) is 16.9. The van der Waals surface area contributed by atoms with Gasteiger partial charge in [-0.25, -0.2) is 4.98 Å². The molecule has 5 heteroatoms. The van der Waals surface area contributed by atoms with Crippen LogP contribution < -0.4 is 5.32 Å². The summed E-state index contributed by atoms with van der Waals surface area (Å²) in [5.74, 6) is -0.166. The Morgan fingerprint density at radius 2 is 2.31 bits per heavy atom. The quantitative estimate of drug-likeness (QED) is 0.946. The molecule has 0 aromatic carbocycles. The van der Waals surface area contributed by atoms with Gasteiger partial charge in [-0.1, -0.05) is 6.07 Å². The second kappa shape index (κ2) is 5.23. The lowest BCUT2D eigenvalue weighted by molar-refractivity contribution is 0.0945. The van der Waals surface area contributed by atoms with Gasteiger partial charge < -0.3 is 5.32 Å². The molecular formula is C11H9BrN2OS. The molecule has 3 nitrogen and oxygen atoms in total. The first-order chi connectivity index (χ1) is 7.77. The monoisotopic (exact) mass is 296 g/mol. The van der Waals surface area contributed by atoms with Crippen LogP contribution in [0.2, 0.25) is 0 Å². The van der Waals surface area contributed by atoms with Gasteiger partial charge in [0.1, 0.15) is 5.69 Å². The van der Waals surface area contributed by atoms with E-state index >= 15 is 0 Å². The molecule has 2 aromatic heterocycles. The summed E-state index contributed by atoms with van der Waals surface area (Å²) in [6, 6.07) is 7.52. The van der Waals surface area contributed by atoms with Gasteiger partial charge in [0.15, 0.2) is 0 Å². The number of carbonyl (C=O) groups excluding carboxylic acids is 1. The third-order valence-electron chi connectivity index (χ3n) is 1.98. The van der Waals surface area contributed by atoms with E-state index < -0.39 is 0 Å². The molecule has 2 heterocycles. The zero-order valence-corrected chi connectivity index (χ0v) is 10.7. The Balaban J connectivity index is 2.01. The van der Waals surface area contributed by atoms with E-state index in [0.717, 1.165) is 4.88 Å². The number of thiophene rings is 1. The number of halogens is 1. The highest BCUT2D eigenvalue weighted by Crippen LogP contribution is 2.13. The van der Waals surface area contributed by atoms with E-state index in [2.05, 4.69) is 26.2 Å². The summed E-state index contributed by atoms with van der Waals surface area (Å²) in [7, 11) is 0. The second-order valence-corrected chi connectivity index (χ2v) is 4.98. The van der Waals surface area contributed by atoms with E-state index in [9.17, 15) is 4.79 Å². The Bertz CT molecular complexity index is 484. The minimum Gasteiger partial charge on any atom is -0.346 e. The fourth-order valence-electron chi connectivity index (χ4n) is 1.22. The van der Waals surface area contributed by atoms with Crippen molar-refractivity contribution >= 4 is 33.2 Å². The molecule has 0 bridgehead atoms. The third kappa shape index (κ3) is 2.68. The summed E-state index contributed by atoms with van der Waals surface area (Å²) in [6.07, 6.45) is 1.60. The van der Waals surface area contributed by atoms with E-state index in [0.29, 0.717) is 16.7 Å². The predicted molar refractivity (Wildman–Crippen MR) is 67.4 cm³/mol. The molecule has 0 spiro atoms. The number of carbonyl (C=O) groups is 1. The molecule has 0 saturated carbocycles. The molecule has 0 aliphatic heterocycles. The largest absolute Gasteiger partial charge is 0.346 e. The fraction of sp³-hybridized carbons (Fsp3) is 0.0909. The van der Waals surface area contributed by atoms with Crippen LogP contribution in [0.1, 0.15) is 15.4 Å². The molecule has 0 radical (unpaired) electrons. The first-order valence-electron chi connectivity index (χ1n) is 4.68. The predicted octanol–water partition coefficient (Wildman–Crippen LogP) is 2.84. The Labute approximate surface area is 106 Å². The maximum absolute atomic E-state index is 11.8. The SMILES string of the molecule is O=C(NCc1cccs1)c1ncccc1Br. The van der Waals surface area contributed by atoms with E-state index in [1.807, 2.05) is 17.5 Å². The highest BCUT2D eigenvalue weighted by atomic mass is 79.9. The van der Waals surface area contributed by atoms with Crippen LogP contribution in [0.15, 0.2) is 40.3 Å².